The van der Waals surface area contributed by atoms with Gasteiger partial charge in [-0.3, -0.25) is 9.59 Å². The summed E-state index contributed by atoms with van der Waals surface area (Å²) in [5, 5.41) is 0. The quantitative estimate of drug-likeness (QED) is 0.507. The topological polar surface area (TPSA) is 71.1 Å². The molecule has 2 aromatic rings. The number of hydrogen-bond donors (Lipinski definition) is 0. The molecule has 0 saturated heterocycles. The van der Waals surface area contributed by atoms with Crippen LogP contribution in [0.2, 0.25) is 0 Å². The van der Waals surface area contributed by atoms with Gasteiger partial charge in [-0.2, -0.15) is 0 Å². The maximum Gasteiger partial charge on any atom is 0.317 e. The molecule has 0 fully saturated rings. The minimum absolute atomic E-state index is 0.219. The number of allylic oxidation sites excluding steroid dienone is 2. The fourth-order valence-electron chi connectivity index (χ4n) is 3.79. The number of rotatable bonds is 7. The van der Waals surface area contributed by atoms with Crippen molar-refractivity contribution in [2.24, 2.45) is 5.92 Å². The van der Waals surface area contributed by atoms with E-state index in [1.54, 1.807) is 40.4 Å². The first-order valence-corrected chi connectivity index (χ1v) is 9.79. The van der Waals surface area contributed by atoms with Crippen LogP contribution in [0, 0.1) is 5.92 Å². The van der Waals surface area contributed by atoms with Gasteiger partial charge < -0.3 is 18.9 Å². The number of ether oxygens (including phenoxy) is 4. The van der Waals surface area contributed by atoms with Gasteiger partial charge >= 0.3 is 5.97 Å². The van der Waals surface area contributed by atoms with E-state index in [1.165, 1.54) is 0 Å². The van der Waals surface area contributed by atoms with Crippen molar-refractivity contribution in [1.29, 1.82) is 0 Å². The highest BCUT2D eigenvalue weighted by molar-refractivity contribution is 6.10. The summed E-state index contributed by atoms with van der Waals surface area (Å²) < 4.78 is 21.2. The summed E-state index contributed by atoms with van der Waals surface area (Å²) in [5.41, 5.74) is 2.60. The fourth-order valence-corrected chi connectivity index (χ4v) is 3.79. The third-order valence-corrected chi connectivity index (χ3v) is 5.30. The van der Waals surface area contributed by atoms with Gasteiger partial charge in [0.2, 0.25) is 0 Å². The van der Waals surface area contributed by atoms with Crippen LogP contribution in [0.15, 0.2) is 48.5 Å². The van der Waals surface area contributed by atoms with Crippen LogP contribution in [0.3, 0.4) is 0 Å². The van der Waals surface area contributed by atoms with Crippen LogP contribution in [0.5, 0.6) is 17.2 Å². The Kier molecular flexibility index (Phi) is 6.77. The number of carbonyl (C=O) groups excluding carboxylic acids is 2. The lowest BCUT2D eigenvalue weighted by molar-refractivity contribution is -0.151. The number of esters is 1. The molecule has 0 saturated carbocycles. The van der Waals surface area contributed by atoms with Gasteiger partial charge in [-0.05, 0) is 60.4 Å². The minimum Gasteiger partial charge on any atom is -0.497 e. The van der Waals surface area contributed by atoms with Gasteiger partial charge in [0.1, 0.15) is 11.7 Å². The Hall–Kier alpha value is -3.28. The van der Waals surface area contributed by atoms with Crippen molar-refractivity contribution in [3.05, 3.63) is 59.7 Å². The first-order valence-electron chi connectivity index (χ1n) is 9.79. The van der Waals surface area contributed by atoms with E-state index in [-0.39, 0.29) is 18.3 Å². The van der Waals surface area contributed by atoms with E-state index in [0.717, 1.165) is 22.4 Å². The highest BCUT2D eigenvalue weighted by Gasteiger charge is 2.40. The van der Waals surface area contributed by atoms with Crippen molar-refractivity contribution in [3.63, 3.8) is 0 Å². The summed E-state index contributed by atoms with van der Waals surface area (Å²) >= 11 is 0. The maximum absolute atomic E-state index is 13.0. The highest BCUT2D eigenvalue weighted by atomic mass is 16.5. The standard InChI is InChI=1S/C24H26O6/c1-5-30-24(26)23-19(16-8-11-21(28-3)22(14-16)29-4)12-17(13-20(23)25)15-6-9-18(27-2)10-7-15/h6-11,13-14,19,23H,5,12H2,1-4H3. The lowest BCUT2D eigenvalue weighted by Crippen LogP contribution is -2.34. The maximum atomic E-state index is 13.0. The lowest BCUT2D eigenvalue weighted by atomic mass is 9.73. The first-order chi connectivity index (χ1) is 14.5. The Morgan fingerprint density at radius 2 is 1.67 bits per heavy atom. The zero-order valence-corrected chi connectivity index (χ0v) is 17.6. The van der Waals surface area contributed by atoms with E-state index in [2.05, 4.69) is 0 Å². The summed E-state index contributed by atoms with van der Waals surface area (Å²) in [6, 6.07) is 13.0. The monoisotopic (exact) mass is 410 g/mol. The summed E-state index contributed by atoms with van der Waals surface area (Å²) in [6.07, 6.45) is 2.07. The largest absolute Gasteiger partial charge is 0.497 e. The van der Waals surface area contributed by atoms with Gasteiger partial charge in [-0.15, -0.1) is 0 Å². The molecule has 0 aliphatic heterocycles. The fraction of sp³-hybridized carbons (Fsp3) is 0.333. The Morgan fingerprint density at radius 3 is 2.27 bits per heavy atom. The van der Waals surface area contributed by atoms with Crippen LogP contribution >= 0.6 is 0 Å². The third kappa shape index (κ3) is 4.32. The van der Waals surface area contributed by atoms with Gasteiger partial charge in [0, 0.05) is 5.92 Å². The highest BCUT2D eigenvalue weighted by Crippen LogP contribution is 2.42. The molecule has 6 heteroatoms. The molecule has 3 rings (SSSR count). The second kappa shape index (κ2) is 9.48. The molecule has 1 aliphatic carbocycles. The second-order valence-electron chi connectivity index (χ2n) is 6.96. The molecule has 1 aliphatic rings. The lowest BCUT2D eigenvalue weighted by Gasteiger charge is -2.30. The van der Waals surface area contributed by atoms with Crippen LogP contribution in [-0.2, 0) is 14.3 Å². The molecule has 6 nitrogen and oxygen atoms in total. The first kappa shape index (κ1) is 21.4. The van der Waals surface area contributed by atoms with E-state index >= 15 is 0 Å². The van der Waals surface area contributed by atoms with Gasteiger partial charge in [0.15, 0.2) is 17.3 Å². The van der Waals surface area contributed by atoms with Crippen LogP contribution in [0.1, 0.15) is 30.4 Å². The van der Waals surface area contributed by atoms with Crippen LogP contribution < -0.4 is 14.2 Å². The molecule has 2 unspecified atom stereocenters. The average molecular weight is 410 g/mol. The molecule has 2 aromatic carbocycles. The van der Waals surface area contributed by atoms with E-state index in [1.807, 2.05) is 36.4 Å². The molecule has 0 spiro atoms. The molecule has 158 valence electrons. The molecule has 0 heterocycles. The number of methoxy groups -OCH3 is 3. The smallest absolute Gasteiger partial charge is 0.317 e. The van der Waals surface area contributed by atoms with E-state index in [9.17, 15) is 9.59 Å². The van der Waals surface area contributed by atoms with Crippen LogP contribution in [-0.4, -0.2) is 39.7 Å². The van der Waals surface area contributed by atoms with Crippen molar-refractivity contribution in [1.82, 2.24) is 0 Å². The minimum atomic E-state index is -0.898. The summed E-state index contributed by atoms with van der Waals surface area (Å²) in [7, 11) is 4.72. The van der Waals surface area contributed by atoms with Crippen LogP contribution in [0.4, 0.5) is 0 Å². The summed E-state index contributed by atoms with van der Waals surface area (Å²) in [6.45, 7) is 1.95. The molecule has 30 heavy (non-hydrogen) atoms. The van der Waals surface area contributed by atoms with Crippen LogP contribution in [0.25, 0.3) is 5.57 Å². The summed E-state index contributed by atoms with van der Waals surface area (Å²) in [5.74, 6) is -0.170. The average Bonchev–Trinajstić information content (AvgIpc) is 2.78. The molecule has 2 atom stereocenters. The number of benzene rings is 2. The molecular weight excluding hydrogens is 384 g/mol. The molecule has 0 N–H and O–H groups in total. The molecule has 0 amide bonds. The normalized spacial score (nSPS) is 18.4. The van der Waals surface area contributed by atoms with Gasteiger partial charge in [-0.1, -0.05) is 18.2 Å². The van der Waals surface area contributed by atoms with Gasteiger partial charge in [0.05, 0.1) is 27.9 Å². The number of carbonyl (C=O) groups is 2. The van der Waals surface area contributed by atoms with Crippen molar-refractivity contribution < 1.29 is 28.5 Å². The Balaban J connectivity index is 2.03. The van der Waals surface area contributed by atoms with E-state index in [4.69, 9.17) is 18.9 Å². The Labute approximate surface area is 176 Å². The van der Waals surface area contributed by atoms with Crippen molar-refractivity contribution >= 4 is 17.3 Å². The molecule has 0 bridgehead atoms. The molecular formula is C24H26O6. The van der Waals surface area contributed by atoms with Crippen molar-refractivity contribution in [2.45, 2.75) is 19.3 Å². The van der Waals surface area contributed by atoms with Gasteiger partial charge in [0.25, 0.3) is 0 Å². The van der Waals surface area contributed by atoms with Crippen molar-refractivity contribution in [2.75, 3.05) is 27.9 Å². The third-order valence-electron chi connectivity index (χ3n) is 5.30. The van der Waals surface area contributed by atoms with Crippen molar-refractivity contribution in [3.8, 4) is 17.2 Å². The van der Waals surface area contributed by atoms with Gasteiger partial charge in [-0.25, -0.2) is 0 Å². The van der Waals surface area contributed by atoms with E-state index < -0.39 is 11.9 Å². The Bertz CT molecular complexity index is 945. The number of hydrogen-bond acceptors (Lipinski definition) is 6. The molecule has 0 radical (unpaired) electrons. The number of ketones is 1. The summed E-state index contributed by atoms with van der Waals surface area (Å²) in [4.78, 5) is 25.7. The zero-order chi connectivity index (χ0) is 21.7. The predicted octanol–water partition coefficient (Wildman–Crippen LogP) is 4.03. The zero-order valence-electron chi connectivity index (χ0n) is 17.6. The van der Waals surface area contributed by atoms with E-state index in [0.29, 0.717) is 17.9 Å². The second-order valence-corrected chi connectivity index (χ2v) is 6.96. The Morgan fingerprint density at radius 1 is 0.967 bits per heavy atom. The molecule has 0 aromatic heterocycles. The predicted molar refractivity (Wildman–Crippen MR) is 113 cm³/mol. The SMILES string of the molecule is CCOC(=O)C1C(=O)C=C(c2ccc(OC)cc2)CC1c1ccc(OC)c(OC)c1.